The highest BCUT2D eigenvalue weighted by molar-refractivity contribution is 6.33. The second-order valence-electron chi connectivity index (χ2n) is 7.87. The van der Waals surface area contributed by atoms with Gasteiger partial charge in [0.2, 0.25) is 5.95 Å². The number of pyridine rings is 2. The Morgan fingerprint density at radius 3 is 2.67 bits per heavy atom. The van der Waals surface area contributed by atoms with Gasteiger partial charge in [-0.25, -0.2) is 14.8 Å². The minimum atomic E-state index is -0.483. The standard InChI is InChI=1S/C25H22ClFN8O/c26-21-12-17(18-2-1-7-28-13-18)3-6-23(21)32-20-5-4-19(29-14-20)15-31-34-25-30-16-22(27)24(33-25)35-8-10-36-11-9-35/h1-7,12-16,32H,8-11H2,(H,30,33,34)/b31-15+. The third kappa shape index (κ3) is 5.73. The van der Waals surface area contributed by atoms with E-state index < -0.39 is 5.82 Å². The second kappa shape index (κ2) is 11.1. The van der Waals surface area contributed by atoms with Gasteiger partial charge in [0, 0.05) is 31.0 Å². The van der Waals surface area contributed by atoms with E-state index in [4.69, 9.17) is 16.3 Å². The van der Waals surface area contributed by atoms with Crippen molar-refractivity contribution in [1.29, 1.82) is 0 Å². The molecular formula is C25H22ClFN8O. The molecule has 0 aliphatic carbocycles. The number of benzene rings is 1. The number of nitrogens with one attached hydrogen (secondary N) is 2. The summed E-state index contributed by atoms with van der Waals surface area (Å²) in [6, 6.07) is 13.3. The Bertz CT molecular complexity index is 1350. The van der Waals surface area contributed by atoms with Crippen LogP contribution in [0.2, 0.25) is 5.02 Å². The summed E-state index contributed by atoms with van der Waals surface area (Å²) in [5, 5.41) is 7.97. The van der Waals surface area contributed by atoms with Gasteiger partial charge >= 0.3 is 0 Å². The highest BCUT2D eigenvalue weighted by Gasteiger charge is 2.17. The number of halogens is 2. The fourth-order valence-corrected chi connectivity index (χ4v) is 3.83. The molecule has 1 aliphatic heterocycles. The van der Waals surface area contributed by atoms with Crippen LogP contribution < -0.4 is 15.6 Å². The smallest absolute Gasteiger partial charge is 0.245 e. The average Bonchev–Trinajstić information content (AvgIpc) is 2.93. The molecular weight excluding hydrogens is 483 g/mol. The van der Waals surface area contributed by atoms with Crippen LogP contribution in [-0.4, -0.2) is 52.5 Å². The zero-order chi connectivity index (χ0) is 24.7. The molecule has 0 amide bonds. The van der Waals surface area contributed by atoms with Crippen LogP contribution >= 0.6 is 11.6 Å². The summed E-state index contributed by atoms with van der Waals surface area (Å²) in [7, 11) is 0. The normalized spacial score (nSPS) is 13.7. The van der Waals surface area contributed by atoms with Crippen molar-refractivity contribution in [2.45, 2.75) is 0 Å². The Hall–Kier alpha value is -4.15. The van der Waals surface area contributed by atoms with Crippen molar-refractivity contribution >= 4 is 41.0 Å². The molecule has 0 saturated carbocycles. The minimum absolute atomic E-state index is 0.191. The molecule has 1 aliphatic rings. The summed E-state index contributed by atoms with van der Waals surface area (Å²) >= 11 is 6.48. The lowest BCUT2D eigenvalue weighted by atomic mass is 10.1. The number of hydrogen-bond donors (Lipinski definition) is 2. The van der Waals surface area contributed by atoms with E-state index >= 15 is 0 Å². The van der Waals surface area contributed by atoms with E-state index in [1.807, 2.05) is 41.3 Å². The van der Waals surface area contributed by atoms with E-state index in [0.29, 0.717) is 37.0 Å². The second-order valence-corrected chi connectivity index (χ2v) is 8.27. The van der Waals surface area contributed by atoms with Crippen LogP contribution in [0.15, 0.2) is 72.4 Å². The predicted molar refractivity (Wildman–Crippen MR) is 138 cm³/mol. The highest BCUT2D eigenvalue weighted by atomic mass is 35.5. The van der Waals surface area contributed by atoms with Crippen LogP contribution in [0.5, 0.6) is 0 Å². The Balaban J connectivity index is 1.20. The van der Waals surface area contributed by atoms with Crippen molar-refractivity contribution in [2.24, 2.45) is 5.10 Å². The summed E-state index contributed by atoms with van der Waals surface area (Å²) in [6.45, 7) is 2.20. The molecule has 9 nitrogen and oxygen atoms in total. The van der Waals surface area contributed by atoms with Gasteiger partial charge in [-0.2, -0.15) is 10.1 Å². The van der Waals surface area contributed by atoms with Crippen LogP contribution in [0.1, 0.15) is 5.69 Å². The molecule has 0 bridgehead atoms. The van der Waals surface area contributed by atoms with Gasteiger partial charge in [-0.05, 0) is 35.9 Å². The Morgan fingerprint density at radius 2 is 1.92 bits per heavy atom. The van der Waals surface area contributed by atoms with E-state index in [2.05, 4.69) is 35.8 Å². The first kappa shape index (κ1) is 23.6. The van der Waals surface area contributed by atoms with Gasteiger partial charge in [0.05, 0.1) is 53.9 Å². The van der Waals surface area contributed by atoms with E-state index in [1.54, 1.807) is 24.7 Å². The molecule has 1 saturated heterocycles. The number of hydrazone groups is 1. The van der Waals surface area contributed by atoms with Crippen molar-refractivity contribution in [3.8, 4) is 11.1 Å². The molecule has 5 rings (SSSR count). The number of hydrogen-bond acceptors (Lipinski definition) is 9. The SMILES string of the molecule is Fc1cnc(N/N=C/c2ccc(Nc3ccc(-c4cccnc4)cc3Cl)cn2)nc1N1CCOCC1. The van der Waals surface area contributed by atoms with Crippen molar-refractivity contribution in [3.05, 3.63) is 83.8 Å². The highest BCUT2D eigenvalue weighted by Crippen LogP contribution is 2.30. The van der Waals surface area contributed by atoms with E-state index in [9.17, 15) is 4.39 Å². The van der Waals surface area contributed by atoms with Gasteiger partial charge in [-0.15, -0.1) is 0 Å². The minimum Gasteiger partial charge on any atom is -0.378 e. The monoisotopic (exact) mass is 504 g/mol. The fourth-order valence-electron chi connectivity index (χ4n) is 3.61. The molecule has 36 heavy (non-hydrogen) atoms. The van der Waals surface area contributed by atoms with Gasteiger partial charge in [-0.3, -0.25) is 9.97 Å². The number of nitrogens with zero attached hydrogens (tertiary/aromatic N) is 6. The van der Waals surface area contributed by atoms with Crippen LogP contribution in [0.25, 0.3) is 11.1 Å². The summed E-state index contributed by atoms with van der Waals surface area (Å²) in [6.07, 6.45) is 7.86. The first-order valence-electron chi connectivity index (χ1n) is 11.2. The van der Waals surface area contributed by atoms with Crippen LogP contribution in [0, 0.1) is 5.82 Å². The molecule has 0 radical (unpaired) electrons. The quantitative estimate of drug-likeness (QED) is 0.275. The van der Waals surface area contributed by atoms with Crippen LogP contribution in [-0.2, 0) is 4.74 Å². The molecule has 1 aromatic carbocycles. The molecule has 182 valence electrons. The molecule has 0 atom stereocenters. The third-order valence-corrected chi connectivity index (χ3v) is 5.74. The zero-order valence-electron chi connectivity index (χ0n) is 19.1. The topological polar surface area (TPSA) is 100 Å². The summed E-state index contributed by atoms with van der Waals surface area (Å²) in [5.41, 5.74) is 6.85. The van der Waals surface area contributed by atoms with Gasteiger partial charge in [0.1, 0.15) is 0 Å². The molecule has 0 spiro atoms. The lowest BCUT2D eigenvalue weighted by Crippen LogP contribution is -2.37. The largest absolute Gasteiger partial charge is 0.378 e. The molecule has 3 aromatic heterocycles. The molecule has 11 heteroatoms. The lowest BCUT2D eigenvalue weighted by Gasteiger charge is -2.27. The van der Waals surface area contributed by atoms with Gasteiger partial charge in [0.25, 0.3) is 0 Å². The molecule has 0 unspecified atom stereocenters. The van der Waals surface area contributed by atoms with Gasteiger partial charge < -0.3 is 15.0 Å². The van der Waals surface area contributed by atoms with Crippen molar-refractivity contribution in [1.82, 2.24) is 19.9 Å². The number of anilines is 4. The first-order chi connectivity index (χ1) is 17.7. The first-order valence-corrected chi connectivity index (χ1v) is 11.6. The average molecular weight is 505 g/mol. The Labute approximate surface area is 212 Å². The maximum atomic E-state index is 14.2. The maximum absolute atomic E-state index is 14.2. The van der Waals surface area contributed by atoms with Crippen molar-refractivity contribution in [2.75, 3.05) is 41.9 Å². The van der Waals surface area contributed by atoms with E-state index in [1.165, 1.54) is 6.21 Å². The number of ether oxygens (including phenoxy) is 1. The summed E-state index contributed by atoms with van der Waals surface area (Å²) in [4.78, 5) is 18.5. The summed E-state index contributed by atoms with van der Waals surface area (Å²) in [5.74, 6) is -0.0634. The number of aromatic nitrogens is 4. The van der Waals surface area contributed by atoms with E-state index in [0.717, 1.165) is 28.7 Å². The van der Waals surface area contributed by atoms with Crippen LogP contribution in [0.3, 0.4) is 0 Å². The summed E-state index contributed by atoms with van der Waals surface area (Å²) < 4.78 is 19.5. The molecule has 4 aromatic rings. The molecule has 1 fully saturated rings. The Kier molecular flexibility index (Phi) is 7.25. The van der Waals surface area contributed by atoms with Crippen molar-refractivity contribution < 1.29 is 9.13 Å². The zero-order valence-corrected chi connectivity index (χ0v) is 19.9. The molecule has 2 N–H and O–H groups in total. The fraction of sp³-hybridized carbons (Fsp3) is 0.160. The number of rotatable bonds is 7. The molecule has 4 heterocycles. The van der Waals surface area contributed by atoms with E-state index in [-0.39, 0.29) is 11.8 Å². The van der Waals surface area contributed by atoms with Gasteiger partial charge in [-0.1, -0.05) is 23.7 Å². The van der Waals surface area contributed by atoms with Crippen LogP contribution in [0.4, 0.5) is 27.5 Å². The maximum Gasteiger partial charge on any atom is 0.245 e. The third-order valence-electron chi connectivity index (χ3n) is 5.43. The predicted octanol–water partition coefficient (Wildman–Crippen LogP) is 4.75. The van der Waals surface area contributed by atoms with Gasteiger partial charge in [0.15, 0.2) is 11.6 Å². The number of morpholine rings is 1. The lowest BCUT2D eigenvalue weighted by molar-refractivity contribution is 0.122. The Morgan fingerprint density at radius 1 is 1.03 bits per heavy atom. The van der Waals surface area contributed by atoms with Crippen molar-refractivity contribution in [3.63, 3.8) is 0 Å².